The van der Waals surface area contributed by atoms with Gasteiger partial charge in [0.25, 0.3) is 0 Å². The average molecular weight is 429 g/mol. The summed E-state index contributed by atoms with van der Waals surface area (Å²) in [4.78, 5) is 16.6. The van der Waals surface area contributed by atoms with Crippen LogP contribution in [0.2, 0.25) is 0 Å². The highest BCUT2D eigenvalue weighted by atomic mass is 16.5. The zero-order valence-electron chi connectivity index (χ0n) is 18.5. The molecule has 0 saturated carbocycles. The number of hydrogen-bond donors (Lipinski definition) is 0. The summed E-state index contributed by atoms with van der Waals surface area (Å²) in [6.07, 6.45) is 1.88. The standard InChI is InChI=1S/C27H28N2O3/c1-20(2)32-26(30)15-9-10-18-31-23-16-17-24-25(19-23)29(22-13-7-4-8-14-22)27(28-24)21-11-5-3-6-12-21/h3-8,11-14,16-17,19-20H,9-10,15,18H2,1-2H3. The van der Waals surface area contributed by atoms with E-state index in [0.29, 0.717) is 13.0 Å². The molecule has 3 aromatic carbocycles. The molecular weight excluding hydrogens is 400 g/mol. The Labute approximate surface area is 188 Å². The second-order valence-corrected chi connectivity index (χ2v) is 7.97. The van der Waals surface area contributed by atoms with Gasteiger partial charge in [0.1, 0.15) is 11.6 Å². The van der Waals surface area contributed by atoms with E-state index in [4.69, 9.17) is 14.5 Å². The number of carbonyl (C=O) groups excluding carboxylic acids is 1. The van der Waals surface area contributed by atoms with E-state index in [1.54, 1.807) is 0 Å². The summed E-state index contributed by atoms with van der Waals surface area (Å²) < 4.78 is 13.3. The summed E-state index contributed by atoms with van der Waals surface area (Å²) >= 11 is 0. The van der Waals surface area contributed by atoms with Crippen molar-refractivity contribution in [2.75, 3.05) is 6.61 Å². The van der Waals surface area contributed by atoms with Crippen molar-refractivity contribution in [3.05, 3.63) is 78.9 Å². The number of rotatable bonds is 9. The van der Waals surface area contributed by atoms with Crippen LogP contribution < -0.4 is 4.74 Å². The van der Waals surface area contributed by atoms with Gasteiger partial charge in [-0.3, -0.25) is 9.36 Å². The van der Waals surface area contributed by atoms with E-state index < -0.39 is 0 Å². The highest BCUT2D eigenvalue weighted by Crippen LogP contribution is 2.30. The third-order valence-electron chi connectivity index (χ3n) is 5.08. The van der Waals surface area contributed by atoms with Crippen LogP contribution in [0.3, 0.4) is 0 Å². The third-order valence-corrected chi connectivity index (χ3v) is 5.08. The predicted octanol–water partition coefficient (Wildman–Crippen LogP) is 6.19. The number of benzene rings is 3. The summed E-state index contributed by atoms with van der Waals surface area (Å²) in [5.74, 6) is 1.54. The van der Waals surface area contributed by atoms with Crippen LogP contribution in [-0.4, -0.2) is 28.2 Å². The van der Waals surface area contributed by atoms with Gasteiger partial charge in [0.15, 0.2) is 0 Å². The molecule has 32 heavy (non-hydrogen) atoms. The number of carbonyl (C=O) groups is 1. The molecule has 0 spiro atoms. The highest BCUT2D eigenvalue weighted by molar-refractivity contribution is 5.84. The van der Waals surface area contributed by atoms with Gasteiger partial charge >= 0.3 is 5.97 Å². The van der Waals surface area contributed by atoms with Crippen LogP contribution in [0.25, 0.3) is 28.1 Å². The number of imidazole rings is 1. The molecule has 0 amide bonds. The fourth-order valence-corrected chi connectivity index (χ4v) is 3.65. The van der Waals surface area contributed by atoms with Gasteiger partial charge in [-0.25, -0.2) is 4.98 Å². The fraction of sp³-hybridized carbons (Fsp3) is 0.259. The van der Waals surface area contributed by atoms with E-state index in [9.17, 15) is 4.79 Å². The third kappa shape index (κ3) is 5.17. The van der Waals surface area contributed by atoms with E-state index in [1.165, 1.54) is 0 Å². The fourth-order valence-electron chi connectivity index (χ4n) is 3.65. The molecule has 0 N–H and O–H groups in total. The Hall–Kier alpha value is -3.60. The largest absolute Gasteiger partial charge is 0.494 e. The smallest absolute Gasteiger partial charge is 0.306 e. The predicted molar refractivity (Wildman–Crippen MR) is 127 cm³/mol. The second-order valence-electron chi connectivity index (χ2n) is 7.97. The maximum atomic E-state index is 11.7. The summed E-state index contributed by atoms with van der Waals surface area (Å²) in [5, 5.41) is 0. The first-order valence-corrected chi connectivity index (χ1v) is 11.1. The molecule has 0 unspecified atom stereocenters. The van der Waals surface area contributed by atoms with Crippen molar-refractivity contribution in [2.24, 2.45) is 0 Å². The zero-order chi connectivity index (χ0) is 22.3. The van der Waals surface area contributed by atoms with Crippen LogP contribution in [0.15, 0.2) is 78.9 Å². The van der Waals surface area contributed by atoms with Crippen LogP contribution in [0.1, 0.15) is 33.1 Å². The Morgan fingerprint density at radius 2 is 1.66 bits per heavy atom. The van der Waals surface area contributed by atoms with Crippen molar-refractivity contribution >= 4 is 17.0 Å². The van der Waals surface area contributed by atoms with Crippen molar-refractivity contribution in [1.29, 1.82) is 0 Å². The molecular formula is C27H28N2O3. The van der Waals surface area contributed by atoms with Gasteiger partial charge < -0.3 is 9.47 Å². The number of ether oxygens (including phenoxy) is 2. The Morgan fingerprint density at radius 3 is 2.38 bits per heavy atom. The number of hydrogen-bond acceptors (Lipinski definition) is 4. The molecule has 0 aliphatic carbocycles. The lowest BCUT2D eigenvalue weighted by Gasteiger charge is -2.11. The summed E-state index contributed by atoms with van der Waals surface area (Å²) in [5.41, 5.74) is 4.02. The van der Waals surface area contributed by atoms with E-state index in [1.807, 2.05) is 68.4 Å². The number of esters is 1. The number of fused-ring (bicyclic) bond motifs is 1. The number of nitrogens with zero attached hydrogens (tertiary/aromatic N) is 2. The van der Waals surface area contributed by atoms with Gasteiger partial charge in [0.05, 0.1) is 23.7 Å². The Kier molecular flexibility index (Phi) is 6.85. The summed E-state index contributed by atoms with van der Waals surface area (Å²) in [6, 6.07) is 26.4. The monoisotopic (exact) mass is 428 g/mol. The first-order chi connectivity index (χ1) is 15.6. The second kappa shape index (κ2) is 10.1. The number of aromatic nitrogens is 2. The molecule has 0 atom stereocenters. The van der Waals surface area contributed by atoms with Crippen LogP contribution in [0, 0.1) is 0 Å². The van der Waals surface area contributed by atoms with Gasteiger partial charge in [-0.2, -0.15) is 0 Å². The quantitative estimate of drug-likeness (QED) is 0.235. The molecule has 4 rings (SSSR count). The molecule has 5 heteroatoms. The minimum absolute atomic E-state index is 0.0688. The van der Waals surface area contributed by atoms with Crippen LogP contribution >= 0.6 is 0 Å². The Morgan fingerprint density at radius 1 is 0.938 bits per heavy atom. The van der Waals surface area contributed by atoms with Crippen molar-refractivity contribution in [3.8, 4) is 22.8 Å². The lowest BCUT2D eigenvalue weighted by Crippen LogP contribution is -2.11. The molecule has 164 valence electrons. The SMILES string of the molecule is CC(C)OC(=O)CCCCOc1ccc2nc(-c3ccccc3)n(-c3ccccc3)c2c1. The Balaban J connectivity index is 1.54. The summed E-state index contributed by atoms with van der Waals surface area (Å²) in [7, 11) is 0. The molecule has 4 aromatic rings. The molecule has 0 bridgehead atoms. The number of para-hydroxylation sites is 1. The molecule has 0 aliphatic heterocycles. The average Bonchev–Trinajstić information content (AvgIpc) is 3.18. The lowest BCUT2D eigenvalue weighted by atomic mass is 10.2. The van der Waals surface area contributed by atoms with E-state index in [-0.39, 0.29) is 12.1 Å². The van der Waals surface area contributed by atoms with Gasteiger partial charge in [0.2, 0.25) is 0 Å². The normalized spacial score (nSPS) is 11.1. The van der Waals surface area contributed by atoms with Gasteiger partial charge in [-0.1, -0.05) is 48.5 Å². The molecule has 0 radical (unpaired) electrons. The lowest BCUT2D eigenvalue weighted by molar-refractivity contribution is -0.147. The van der Waals surface area contributed by atoms with Crippen molar-refractivity contribution < 1.29 is 14.3 Å². The first kappa shape index (κ1) is 21.6. The van der Waals surface area contributed by atoms with E-state index >= 15 is 0 Å². The van der Waals surface area contributed by atoms with Crippen molar-refractivity contribution in [1.82, 2.24) is 9.55 Å². The van der Waals surface area contributed by atoms with E-state index in [0.717, 1.165) is 46.7 Å². The Bertz CT molecular complexity index is 1170. The van der Waals surface area contributed by atoms with Crippen molar-refractivity contribution in [2.45, 2.75) is 39.2 Å². The summed E-state index contributed by atoms with van der Waals surface area (Å²) in [6.45, 7) is 4.27. The van der Waals surface area contributed by atoms with Crippen molar-refractivity contribution in [3.63, 3.8) is 0 Å². The maximum absolute atomic E-state index is 11.7. The first-order valence-electron chi connectivity index (χ1n) is 11.1. The molecule has 0 aliphatic rings. The molecule has 0 fully saturated rings. The maximum Gasteiger partial charge on any atom is 0.306 e. The topological polar surface area (TPSA) is 53.4 Å². The molecule has 0 saturated heterocycles. The van der Waals surface area contributed by atoms with Gasteiger partial charge in [-0.15, -0.1) is 0 Å². The van der Waals surface area contributed by atoms with Crippen LogP contribution in [0.4, 0.5) is 0 Å². The highest BCUT2D eigenvalue weighted by Gasteiger charge is 2.15. The van der Waals surface area contributed by atoms with E-state index in [2.05, 4.69) is 28.8 Å². The zero-order valence-corrected chi connectivity index (χ0v) is 18.5. The minimum atomic E-state index is -0.151. The van der Waals surface area contributed by atoms with Crippen LogP contribution in [-0.2, 0) is 9.53 Å². The number of unbranched alkanes of at least 4 members (excludes halogenated alkanes) is 1. The molecule has 5 nitrogen and oxygen atoms in total. The minimum Gasteiger partial charge on any atom is -0.494 e. The van der Waals surface area contributed by atoms with Gasteiger partial charge in [-0.05, 0) is 51.0 Å². The molecule has 1 aromatic heterocycles. The van der Waals surface area contributed by atoms with Gasteiger partial charge in [0, 0.05) is 23.7 Å². The van der Waals surface area contributed by atoms with Crippen LogP contribution in [0.5, 0.6) is 5.75 Å². The molecule has 1 heterocycles.